The molecule has 2 rings (SSSR count). The molecular weight excluding hydrogens is 368 g/mol. The second-order valence-corrected chi connectivity index (χ2v) is 6.30. The summed E-state index contributed by atoms with van der Waals surface area (Å²) in [5, 5.41) is 12.2. The molecule has 22 heavy (non-hydrogen) atoms. The van der Waals surface area contributed by atoms with Crippen LogP contribution < -0.4 is 5.32 Å². The summed E-state index contributed by atoms with van der Waals surface area (Å²) in [5.41, 5.74) is 1.85. The van der Waals surface area contributed by atoms with Crippen LogP contribution in [-0.2, 0) is 4.79 Å². The number of aryl methyl sites for hydroxylation is 1. The maximum Gasteiger partial charge on any atom is 0.338 e. The Morgan fingerprint density at radius 1 is 1.36 bits per heavy atom. The van der Waals surface area contributed by atoms with Gasteiger partial charge in [0.05, 0.1) is 17.0 Å². The van der Waals surface area contributed by atoms with Gasteiger partial charge in [0.1, 0.15) is 5.03 Å². The highest BCUT2D eigenvalue weighted by Crippen LogP contribution is 2.24. The predicted octanol–water partition coefficient (Wildman–Crippen LogP) is 3.58. The molecule has 1 heterocycles. The minimum absolute atomic E-state index is 0.0810. The molecule has 0 aliphatic heterocycles. The van der Waals surface area contributed by atoms with E-state index in [0.717, 1.165) is 21.8 Å². The quantitative estimate of drug-likeness (QED) is 0.774. The minimum atomic E-state index is -1.06. The molecule has 1 aromatic heterocycles. The van der Waals surface area contributed by atoms with Crippen LogP contribution in [0.15, 0.2) is 46.0 Å². The van der Waals surface area contributed by atoms with E-state index >= 15 is 0 Å². The van der Waals surface area contributed by atoms with Gasteiger partial charge in [-0.05, 0) is 52.7 Å². The summed E-state index contributed by atoms with van der Waals surface area (Å²) in [7, 11) is 0. The van der Waals surface area contributed by atoms with Crippen LogP contribution in [0.25, 0.3) is 0 Å². The molecule has 1 aromatic carbocycles. The number of thioether (sulfide) groups is 1. The lowest BCUT2D eigenvalue weighted by atomic mass is 10.2. The molecule has 0 atom stereocenters. The van der Waals surface area contributed by atoms with Crippen molar-refractivity contribution >= 4 is 45.3 Å². The van der Waals surface area contributed by atoms with Gasteiger partial charge in [-0.25, -0.2) is 9.78 Å². The second kappa shape index (κ2) is 7.42. The normalized spacial score (nSPS) is 10.3. The molecule has 0 saturated heterocycles. The Bertz CT molecular complexity index is 722. The lowest BCUT2D eigenvalue weighted by molar-refractivity contribution is -0.113. The third-order valence-electron chi connectivity index (χ3n) is 2.74. The van der Waals surface area contributed by atoms with Crippen molar-refractivity contribution < 1.29 is 14.7 Å². The summed E-state index contributed by atoms with van der Waals surface area (Å²) >= 11 is 4.48. The largest absolute Gasteiger partial charge is 0.478 e. The summed E-state index contributed by atoms with van der Waals surface area (Å²) in [5.74, 6) is -1.20. The molecule has 0 aliphatic rings. The minimum Gasteiger partial charge on any atom is -0.478 e. The topological polar surface area (TPSA) is 79.3 Å². The maximum absolute atomic E-state index is 12.0. The van der Waals surface area contributed by atoms with Crippen LogP contribution in [0.4, 0.5) is 5.69 Å². The standard InChI is InChI=1S/C15H13BrN2O3S/c1-9-4-5-12(11(16)7-9)18-13(19)8-22-14-10(15(20)21)3-2-6-17-14/h2-7H,8H2,1H3,(H,18,19)(H,20,21). The van der Waals surface area contributed by atoms with E-state index in [1.54, 1.807) is 6.07 Å². The number of carboxylic acid groups (broad SMARTS) is 1. The van der Waals surface area contributed by atoms with Crippen molar-refractivity contribution in [2.45, 2.75) is 11.9 Å². The first-order valence-corrected chi connectivity index (χ1v) is 8.12. The molecule has 114 valence electrons. The van der Waals surface area contributed by atoms with E-state index in [9.17, 15) is 9.59 Å². The maximum atomic E-state index is 12.0. The number of pyridine rings is 1. The van der Waals surface area contributed by atoms with Crippen LogP contribution in [0.5, 0.6) is 0 Å². The van der Waals surface area contributed by atoms with Gasteiger partial charge in [-0.2, -0.15) is 0 Å². The number of aromatic nitrogens is 1. The molecule has 0 saturated carbocycles. The van der Waals surface area contributed by atoms with Gasteiger partial charge in [-0.1, -0.05) is 17.8 Å². The number of nitrogens with one attached hydrogen (secondary N) is 1. The van der Waals surface area contributed by atoms with Crippen molar-refractivity contribution in [1.82, 2.24) is 4.98 Å². The smallest absolute Gasteiger partial charge is 0.338 e. The van der Waals surface area contributed by atoms with Crippen molar-refractivity contribution in [3.63, 3.8) is 0 Å². The van der Waals surface area contributed by atoms with E-state index in [2.05, 4.69) is 26.2 Å². The van der Waals surface area contributed by atoms with Gasteiger partial charge in [-0.15, -0.1) is 0 Å². The summed E-state index contributed by atoms with van der Waals surface area (Å²) in [6.07, 6.45) is 1.50. The number of nitrogens with zero attached hydrogens (tertiary/aromatic N) is 1. The average molecular weight is 381 g/mol. The average Bonchev–Trinajstić information content (AvgIpc) is 2.48. The first-order chi connectivity index (χ1) is 10.5. The number of amides is 1. The molecule has 2 aromatic rings. The number of halogens is 1. The fourth-order valence-corrected chi connectivity index (χ4v) is 3.09. The summed E-state index contributed by atoms with van der Waals surface area (Å²) in [6.45, 7) is 1.96. The number of hydrogen-bond acceptors (Lipinski definition) is 4. The van der Waals surface area contributed by atoms with Gasteiger partial charge in [0.25, 0.3) is 0 Å². The summed E-state index contributed by atoms with van der Waals surface area (Å²) in [6, 6.07) is 8.63. The highest BCUT2D eigenvalue weighted by Gasteiger charge is 2.13. The third kappa shape index (κ3) is 4.32. The van der Waals surface area contributed by atoms with Crippen LogP contribution >= 0.6 is 27.7 Å². The lowest BCUT2D eigenvalue weighted by Crippen LogP contribution is -2.15. The van der Waals surface area contributed by atoms with Gasteiger partial charge >= 0.3 is 5.97 Å². The molecule has 0 radical (unpaired) electrons. The number of aromatic carboxylic acids is 1. The van der Waals surface area contributed by atoms with E-state index in [4.69, 9.17) is 5.11 Å². The number of carbonyl (C=O) groups is 2. The van der Waals surface area contributed by atoms with E-state index in [1.807, 2.05) is 25.1 Å². The van der Waals surface area contributed by atoms with Gasteiger partial charge in [-0.3, -0.25) is 4.79 Å². The van der Waals surface area contributed by atoms with Crippen LogP contribution in [-0.4, -0.2) is 27.7 Å². The van der Waals surface area contributed by atoms with Crippen molar-refractivity contribution in [3.8, 4) is 0 Å². The van der Waals surface area contributed by atoms with Crippen LogP contribution in [0.3, 0.4) is 0 Å². The zero-order chi connectivity index (χ0) is 16.1. The summed E-state index contributed by atoms with van der Waals surface area (Å²) in [4.78, 5) is 27.1. The third-order valence-corrected chi connectivity index (χ3v) is 4.40. The number of rotatable bonds is 5. The van der Waals surface area contributed by atoms with Gasteiger partial charge < -0.3 is 10.4 Å². The summed E-state index contributed by atoms with van der Waals surface area (Å²) < 4.78 is 0.801. The van der Waals surface area contributed by atoms with E-state index in [0.29, 0.717) is 10.7 Å². The zero-order valence-electron chi connectivity index (χ0n) is 11.7. The Hall–Kier alpha value is -1.86. The van der Waals surface area contributed by atoms with E-state index < -0.39 is 5.97 Å². The van der Waals surface area contributed by atoms with Gasteiger partial charge in [0.15, 0.2) is 0 Å². The molecule has 0 unspecified atom stereocenters. The Morgan fingerprint density at radius 3 is 2.82 bits per heavy atom. The first-order valence-electron chi connectivity index (χ1n) is 6.34. The highest BCUT2D eigenvalue weighted by atomic mass is 79.9. The molecule has 7 heteroatoms. The van der Waals surface area contributed by atoms with Crippen molar-refractivity contribution in [3.05, 3.63) is 52.1 Å². The number of carboxylic acids is 1. The molecule has 2 N–H and O–H groups in total. The fourth-order valence-electron chi connectivity index (χ4n) is 1.71. The van der Waals surface area contributed by atoms with Gasteiger partial charge in [0.2, 0.25) is 5.91 Å². The predicted molar refractivity (Wildman–Crippen MR) is 89.4 cm³/mol. The van der Waals surface area contributed by atoms with Crippen LogP contribution in [0.2, 0.25) is 0 Å². The molecule has 0 aliphatic carbocycles. The number of hydrogen-bond donors (Lipinski definition) is 2. The van der Waals surface area contributed by atoms with Crippen LogP contribution in [0.1, 0.15) is 15.9 Å². The number of benzene rings is 1. The fraction of sp³-hybridized carbons (Fsp3) is 0.133. The lowest BCUT2D eigenvalue weighted by Gasteiger charge is -2.08. The molecule has 0 fully saturated rings. The molecular formula is C15H13BrN2O3S. The van der Waals surface area contributed by atoms with E-state index in [-0.39, 0.29) is 17.2 Å². The molecule has 0 bridgehead atoms. The number of anilines is 1. The van der Waals surface area contributed by atoms with Crippen molar-refractivity contribution in [1.29, 1.82) is 0 Å². The first kappa shape index (κ1) is 16.5. The Morgan fingerprint density at radius 2 is 2.14 bits per heavy atom. The van der Waals surface area contributed by atoms with Crippen molar-refractivity contribution in [2.75, 3.05) is 11.1 Å². The van der Waals surface area contributed by atoms with Crippen molar-refractivity contribution in [2.24, 2.45) is 0 Å². The molecule has 5 nitrogen and oxygen atoms in total. The SMILES string of the molecule is Cc1ccc(NC(=O)CSc2ncccc2C(=O)O)c(Br)c1. The van der Waals surface area contributed by atoms with Gasteiger partial charge in [0, 0.05) is 10.7 Å². The number of carbonyl (C=O) groups excluding carboxylic acids is 1. The zero-order valence-corrected chi connectivity index (χ0v) is 14.1. The monoisotopic (exact) mass is 380 g/mol. The Labute approximate surface area is 140 Å². The Balaban J connectivity index is 2.00. The molecule has 1 amide bonds. The van der Waals surface area contributed by atoms with E-state index in [1.165, 1.54) is 12.3 Å². The van der Waals surface area contributed by atoms with Crippen LogP contribution in [0, 0.1) is 6.92 Å². The second-order valence-electron chi connectivity index (χ2n) is 4.48. The molecule has 0 spiro atoms. The Kier molecular flexibility index (Phi) is 5.57. The highest BCUT2D eigenvalue weighted by molar-refractivity contribution is 9.10.